The molecule has 10 nitrogen and oxygen atoms in total. The Morgan fingerprint density at radius 3 is 2.39 bits per heavy atom. The number of anilines is 1. The van der Waals surface area contributed by atoms with E-state index in [0.717, 1.165) is 28.6 Å². The molecule has 0 aliphatic heterocycles. The van der Waals surface area contributed by atoms with Crippen molar-refractivity contribution in [2.45, 2.75) is 44.7 Å². The molecule has 6 aromatic rings. The van der Waals surface area contributed by atoms with Gasteiger partial charge in [-0.25, -0.2) is 22.5 Å². The van der Waals surface area contributed by atoms with Crippen molar-refractivity contribution in [3.8, 4) is 16.8 Å². The first kappa shape index (κ1) is 43.8. The number of hydrogen-bond donors (Lipinski definition) is 4. The van der Waals surface area contributed by atoms with Crippen LogP contribution in [0.1, 0.15) is 53.3 Å². The van der Waals surface area contributed by atoms with Gasteiger partial charge in [-0.15, -0.1) is 0 Å². The van der Waals surface area contributed by atoms with Crippen LogP contribution in [-0.2, 0) is 30.1 Å². The molecule has 2 heterocycles. The highest BCUT2D eigenvalue weighted by atomic mass is 35.5. The van der Waals surface area contributed by atoms with Crippen molar-refractivity contribution in [2.24, 2.45) is 5.92 Å². The Bertz CT molecular complexity index is 2780. The summed E-state index contributed by atoms with van der Waals surface area (Å²) in [6.45, 7) is 0.220. The van der Waals surface area contributed by atoms with Crippen molar-refractivity contribution in [3.63, 3.8) is 0 Å². The van der Waals surface area contributed by atoms with Gasteiger partial charge in [0.2, 0.25) is 5.91 Å². The Labute approximate surface area is 363 Å². The van der Waals surface area contributed by atoms with Crippen LogP contribution in [0.4, 0.5) is 32.0 Å². The normalized spacial score (nSPS) is 14.9. The molecule has 1 amide bonds. The van der Waals surface area contributed by atoms with Crippen molar-refractivity contribution in [1.82, 2.24) is 29.4 Å². The second-order valence-corrected chi connectivity index (χ2v) is 16.1. The summed E-state index contributed by atoms with van der Waals surface area (Å²) < 4.78 is 93.0. The van der Waals surface area contributed by atoms with Gasteiger partial charge in [0, 0.05) is 52.9 Å². The summed E-state index contributed by atoms with van der Waals surface area (Å²) in [5, 5.41) is 19.0. The van der Waals surface area contributed by atoms with E-state index in [1.54, 1.807) is 30.5 Å². The molecule has 0 saturated heterocycles. The predicted molar refractivity (Wildman–Crippen MR) is 226 cm³/mol. The molecule has 61 heavy (non-hydrogen) atoms. The number of carbonyl (C=O) groups is 1. The van der Waals surface area contributed by atoms with E-state index in [-0.39, 0.29) is 60.7 Å². The van der Waals surface area contributed by atoms with E-state index < -0.39 is 78.2 Å². The number of nitrogens with zero attached hydrogens (tertiary/aromatic N) is 4. The lowest BCUT2D eigenvalue weighted by Crippen LogP contribution is -2.38. The molecular weight excluding hydrogens is 889 g/mol. The van der Waals surface area contributed by atoms with Gasteiger partial charge in [0.1, 0.15) is 41.2 Å². The monoisotopic (exact) mass is 920 g/mol. The van der Waals surface area contributed by atoms with Crippen molar-refractivity contribution >= 4 is 75.1 Å². The number of hydrogen-bond acceptors (Lipinski definition) is 7. The smallest absolute Gasteiger partial charge is 0.292 e. The number of alkyl halides is 4. The van der Waals surface area contributed by atoms with Gasteiger partial charge >= 0.3 is 0 Å². The van der Waals surface area contributed by atoms with Crippen LogP contribution < -0.4 is 20.9 Å². The lowest BCUT2D eigenvalue weighted by molar-refractivity contribution is -0.123. The Balaban J connectivity index is 1.47. The fraction of sp³-hybridized carbons (Fsp3) is 0.244. The van der Waals surface area contributed by atoms with Gasteiger partial charge in [0.25, 0.3) is 17.9 Å². The van der Waals surface area contributed by atoms with Gasteiger partial charge in [0.15, 0.2) is 0 Å². The highest BCUT2D eigenvalue weighted by Crippen LogP contribution is 2.48. The summed E-state index contributed by atoms with van der Waals surface area (Å²) in [6.07, 6.45) is -2.36. The second-order valence-electron chi connectivity index (χ2n) is 14.2. The van der Waals surface area contributed by atoms with E-state index >= 15 is 8.78 Å². The summed E-state index contributed by atoms with van der Waals surface area (Å²) in [5.41, 5.74) is -1.25. The van der Waals surface area contributed by atoms with Crippen molar-refractivity contribution in [2.75, 3.05) is 18.6 Å². The maximum absolute atomic E-state index is 15.5. The summed E-state index contributed by atoms with van der Waals surface area (Å²) in [7, 11) is 1.52. The van der Waals surface area contributed by atoms with E-state index in [1.807, 2.05) is 0 Å². The lowest BCUT2D eigenvalue weighted by atomic mass is 10.0. The molecule has 2 unspecified atom stereocenters. The molecule has 0 bridgehead atoms. The predicted octanol–water partition coefficient (Wildman–Crippen LogP) is 10.0. The molecule has 0 fully saturated rings. The average Bonchev–Trinajstić information content (AvgIpc) is 3.66. The van der Waals surface area contributed by atoms with Gasteiger partial charge in [-0.05, 0) is 66.1 Å². The number of rotatable bonds is 12. The minimum atomic E-state index is -3.60. The van der Waals surface area contributed by atoms with E-state index in [9.17, 15) is 27.2 Å². The molecule has 2 atom stereocenters. The topological polar surface area (TPSA) is 130 Å². The van der Waals surface area contributed by atoms with Crippen LogP contribution in [0.5, 0.6) is 0 Å². The van der Waals surface area contributed by atoms with Crippen molar-refractivity contribution in [3.05, 3.63) is 138 Å². The summed E-state index contributed by atoms with van der Waals surface area (Å²) in [5.74, 6) is -8.28. The molecule has 1 aliphatic carbocycles. The standard InChI is InChI=1S/C41H33Cl3F6N8O2S/c1-18-10-26-34(37(47)48)55-57(36(26)41(18,49)50)17-32(59)53-30(13-19-11-22(45)16-23(46)12-19)39-54-29-14-20(24-7-5-21(42)15-28(24)44)4-6-25(29)40(60)58(39)31-9-8-27(43)33(35(31)52-2)38(51)56-61-3/h4-9,11-12,14-16,18,30,37,52H,10,13,17H2,1-3H3,(H2,51,56)(H,53,59). The van der Waals surface area contributed by atoms with Gasteiger partial charge in [-0.3, -0.25) is 24.2 Å². The van der Waals surface area contributed by atoms with Crippen LogP contribution in [0.15, 0.2) is 71.5 Å². The van der Waals surface area contributed by atoms with Gasteiger partial charge < -0.3 is 15.4 Å². The van der Waals surface area contributed by atoms with Crippen molar-refractivity contribution < 1.29 is 31.1 Å². The first-order valence-electron chi connectivity index (χ1n) is 18.3. The van der Waals surface area contributed by atoms with Crippen LogP contribution in [0, 0.1) is 23.0 Å². The molecule has 1 aliphatic rings. The molecule has 7 rings (SSSR count). The van der Waals surface area contributed by atoms with Gasteiger partial charge in [-0.1, -0.05) is 65.8 Å². The van der Waals surface area contributed by atoms with Crippen LogP contribution in [-0.4, -0.2) is 44.4 Å². The van der Waals surface area contributed by atoms with Crippen molar-refractivity contribution in [1.29, 1.82) is 5.41 Å². The summed E-state index contributed by atoms with van der Waals surface area (Å²) >= 11 is 20.4. The first-order chi connectivity index (χ1) is 28.9. The number of halogens is 9. The second kappa shape index (κ2) is 17.3. The molecule has 4 N–H and O–H groups in total. The number of aromatic nitrogens is 4. The van der Waals surface area contributed by atoms with Gasteiger partial charge in [-0.2, -0.15) is 13.9 Å². The quantitative estimate of drug-likeness (QED) is 0.0416. The Morgan fingerprint density at radius 1 is 1.02 bits per heavy atom. The van der Waals surface area contributed by atoms with Crippen LogP contribution in [0.2, 0.25) is 15.1 Å². The first-order valence-corrected chi connectivity index (χ1v) is 20.7. The zero-order valence-corrected chi connectivity index (χ0v) is 35.2. The fourth-order valence-electron chi connectivity index (χ4n) is 7.56. The van der Waals surface area contributed by atoms with E-state index in [1.165, 1.54) is 38.2 Å². The fourth-order valence-corrected chi connectivity index (χ4v) is 8.64. The molecule has 0 radical (unpaired) electrons. The number of benzene rings is 4. The number of amides is 1. The third-order valence-corrected chi connectivity index (χ3v) is 11.5. The molecule has 20 heteroatoms. The number of amidine groups is 1. The third kappa shape index (κ3) is 8.40. The number of fused-ring (bicyclic) bond motifs is 2. The van der Waals surface area contributed by atoms with E-state index in [0.29, 0.717) is 26.9 Å². The molecule has 0 saturated carbocycles. The highest BCUT2D eigenvalue weighted by molar-refractivity contribution is 7.97. The Kier molecular flexibility index (Phi) is 12.4. The maximum Gasteiger partial charge on any atom is 0.292 e. The number of nitrogens with one attached hydrogen (secondary N) is 4. The lowest BCUT2D eigenvalue weighted by Gasteiger charge is -2.26. The Hall–Kier alpha value is -5.23. The Morgan fingerprint density at radius 2 is 1.74 bits per heavy atom. The maximum atomic E-state index is 15.5. The molecule has 4 aromatic carbocycles. The molecule has 0 spiro atoms. The zero-order valence-electron chi connectivity index (χ0n) is 32.1. The molecular formula is C41H33Cl3F6N8O2S. The largest absolute Gasteiger partial charge is 0.386 e. The minimum absolute atomic E-state index is 0.0118. The van der Waals surface area contributed by atoms with Crippen LogP contribution in [0.25, 0.3) is 27.7 Å². The molecule has 318 valence electrons. The highest BCUT2D eigenvalue weighted by Gasteiger charge is 2.51. The SMILES string of the molecule is CNc1c(-n2c(C(Cc3cc(F)cc(F)c3)NC(=O)Cn3nc(C(F)F)c4c3C(F)(F)C(C)C4)nc3cc(-c4ccc(Cl)cc4Cl)ccc3c2=O)ccc(Cl)c1C(=N)NSC. The van der Waals surface area contributed by atoms with E-state index in [2.05, 4.69) is 20.5 Å². The van der Waals surface area contributed by atoms with Crippen LogP contribution in [0.3, 0.4) is 0 Å². The molecule has 2 aromatic heterocycles. The third-order valence-electron chi connectivity index (χ3n) is 10.3. The average molecular weight is 922 g/mol. The van der Waals surface area contributed by atoms with Gasteiger partial charge in [0.05, 0.1) is 38.9 Å². The van der Waals surface area contributed by atoms with Crippen LogP contribution >= 0.6 is 46.8 Å². The number of carbonyl (C=O) groups excluding carboxylic acids is 1. The van der Waals surface area contributed by atoms with E-state index in [4.69, 9.17) is 45.2 Å². The summed E-state index contributed by atoms with van der Waals surface area (Å²) in [4.78, 5) is 34.0. The zero-order chi connectivity index (χ0) is 44.1. The summed E-state index contributed by atoms with van der Waals surface area (Å²) in [6, 6.07) is 13.6. The minimum Gasteiger partial charge on any atom is -0.386 e.